The van der Waals surface area contributed by atoms with E-state index < -0.39 is 5.97 Å². The molecular formula is C14H19BrN2O3. The molecule has 1 aromatic rings. The quantitative estimate of drug-likeness (QED) is 0.825. The molecule has 0 unspecified atom stereocenters. The predicted octanol–water partition coefficient (Wildman–Crippen LogP) is 3.80. The number of aromatic carboxylic acids is 1. The third kappa shape index (κ3) is 4.52. The number of hydrogen-bond donors (Lipinski definition) is 2. The lowest BCUT2D eigenvalue weighted by atomic mass is 10.2. The van der Waals surface area contributed by atoms with Crippen LogP contribution in [0.5, 0.6) is 0 Å². The van der Waals surface area contributed by atoms with E-state index in [1.807, 2.05) is 6.92 Å². The Kier molecular flexibility index (Phi) is 6.51. The number of anilines is 1. The van der Waals surface area contributed by atoms with Gasteiger partial charge in [0.1, 0.15) is 0 Å². The fourth-order valence-electron chi connectivity index (χ4n) is 1.75. The van der Waals surface area contributed by atoms with E-state index >= 15 is 0 Å². The minimum Gasteiger partial charge on any atom is -0.478 e. The summed E-state index contributed by atoms with van der Waals surface area (Å²) in [6, 6.07) is 4.48. The second-order valence-electron chi connectivity index (χ2n) is 4.36. The molecule has 0 fully saturated rings. The van der Waals surface area contributed by atoms with Crippen LogP contribution in [0.15, 0.2) is 22.7 Å². The SMILES string of the molecule is CCCCN(CC)C(=O)Nc1ccc(Br)cc1C(=O)O. The molecule has 110 valence electrons. The highest BCUT2D eigenvalue weighted by molar-refractivity contribution is 9.10. The molecular weight excluding hydrogens is 324 g/mol. The zero-order valence-corrected chi connectivity index (χ0v) is 13.2. The molecule has 2 amide bonds. The first-order chi connectivity index (χ1) is 9.49. The van der Waals surface area contributed by atoms with Crippen molar-refractivity contribution in [3.63, 3.8) is 0 Å². The summed E-state index contributed by atoms with van der Waals surface area (Å²) in [5.74, 6) is -1.07. The first-order valence-corrected chi connectivity index (χ1v) is 7.37. The van der Waals surface area contributed by atoms with Gasteiger partial charge in [0, 0.05) is 17.6 Å². The molecule has 0 aliphatic heterocycles. The molecule has 0 aliphatic carbocycles. The number of unbranched alkanes of at least 4 members (excludes halogenated alkanes) is 1. The Morgan fingerprint density at radius 2 is 2.05 bits per heavy atom. The standard InChI is InChI=1S/C14H19BrN2O3/c1-3-5-8-17(4-2)14(20)16-12-7-6-10(15)9-11(12)13(18)19/h6-7,9H,3-5,8H2,1-2H3,(H,16,20)(H,18,19). The molecule has 1 aromatic carbocycles. The smallest absolute Gasteiger partial charge is 0.337 e. The third-order valence-corrected chi connectivity index (χ3v) is 3.40. The van der Waals surface area contributed by atoms with Gasteiger partial charge in [-0.25, -0.2) is 9.59 Å². The number of urea groups is 1. The van der Waals surface area contributed by atoms with Crippen LogP contribution in [-0.4, -0.2) is 35.1 Å². The van der Waals surface area contributed by atoms with Crippen molar-refractivity contribution < 1.29 is 14.7 Å². The summed E-state index contributed by atoms with van der Waals surface area (Å²) >= 11 is 3.22. The second-order valence-corrected chi connectivity index (χ2v) is 5.27. The average molecular weight is 343 g/mol. The molecule has 0 heterocycles. The van der Waals surface area contributed by atoms with Crippen LogP contribution in [0.2, 0.25) is 0 Å². The number of rotatable bonds is 6. The molecule has 0 radical (unpaired) electrons. The van der Waals surface area contributed by atoms with Crippen molar-refractivity contribution in [3.8, 4) is 0 Å². The lowest BCUT2D eigenvalue weighted by Crippen LogP contribution is -2.35. The number of carboxylic acids is 1. The maximum Gasteiger partial charge on any atom is 0.337 e. The van der Waals surface area contributed by atoms with Gasteiger partial charge in [-0.15, -0.1) is 0 Å². The van der Waals surface area contributed by atoms with Crippen molar-refractivity contribution in [2.45, 2.75) is 26.7 Å². The molecule has 0 atom stereocenters. The topological polar surface area (TPSA) is 69.6 Å². The molecule has 0 bridgehead atoms. The number of carbonyl (C=O) groups is 2. The summed E-state index contributed by atoms with van der Waals surface area (Å²) in [5, 5.41) is 11.8. The first-order valence-electron chi connectivity index (χ1n) is 6.58. The van der Waals surface area contributed by atoms with Crippen molar-refractivity contribution >= 4 is 33.6 Å². The lowest BCUT2D eigenvalue weighted by Gasteiger charge is -2.21. The highest BCUT2D eigenvalue weighted by Crippen LogP contribution is 2.21. The molecule has 20 heavy (non-hydrogen) atoms. The normalized spacial score (nSPS) is 10.2. The van der Waals surface area contributed by atoms with E-state index in [2.05, 4.69) is 28.2 Å². The van der Waals surface area contributed by atoms with Gasteiger partial charge in [0.2, 0.25) is 0 Å². The molecule has 0 saturated heterocycles. The third-order valence-electron chi connectivity index (χ3n) is 2.90. The zero-order valence-electron chi connectivity index (χ0n) is 11.6. The predicted molar refractivity (Wildman–Crippen MR) is 82.3 cm³/mol. The van der Waals surface area contributed by atoms with Crippen LogP contribution in [0.4, 0.5) is 10.5 Å². The minimum atomic E-state index is -1.07. The van der Waals surface area contributed by atoms with Gasteiger partial charge in [0.25, 0.3) is 0 Å². The van der Waals surface area contributed by atoms with Gasteiger partial charge in [0.05, 0.1) is 11.3 Å². The Morgan fingerprint density at radius 3 is 2.60 bits per heavy atom. The summed E-state index contributed by atoms with van der Waals surface area (Å²) in [4.78, 5) is 25.0. The fraction of sp³-hybridized carbons (Fsp3) is 0.429. The second kappa shape index (κ2) is 7.89. The fourth-order valence-corrected chi connectivity index (χ4v) is 2.11. The van der Waals surface area contributed by atoms with Crippen LogP contribution < -0.4 is 5.32 Å². The number of carboxylic acid groups (broad SMARTS) is 1. The summed E-state index contributed by atoms with van der Waals surface area (Å²) < 4.78 is 0.659. The van der Waals surface area contributed by atoms with Crippen LogP contribution in [0, 0.1) is 0 Å². The van der Waals surface area contributed by atoms with E-state index in [4.69, 9.17) is 5.11 Å². The van der Waals surface area contributed by atoms with Gasteiger partial charge < -0.3 is 15.3 Å². The number of carbonyl (C=O) groups excluding carboxylic acids is 1. The largest absolute Gasteiger partial charge is 0.478 e. The van der Waals surface area contributed by atoms with Gasteiger partial charge in [-0.3, -0.25) is 0 Å². The summed E-state index contributed by atoms with van der Waals surface area (Å²) in [6.45, 7) is 5.21. The van der Waals surface area contributed by atoms with Crippen LogP contribution >= 0.6 is 15.9 Å². The Morgan fingerprint density at radius 1 is 1.35 bits per heavy atom. The molecule has 0 spiro atoms. The molecule has 0 saturated carbocycles. The Bertz CT molecular complexity index is 491. The van der Waals surface area contributed by atoms with Gasteiger partial charge in [-0.1, -0.05) is 29.3 Å². The summed E-state index contributed by atoms with van der Waals surface area (Å²) in [6.07, 6.45) is 1.93. The zero-order chi connectivity index (χ0) is 15.1. The average Bonchev–Trinajstić information content (AvgIpc) is 2.41. The molecule has 2 N–H and O–H groups in total. The van der Waals surface area contributed by atoms with E-state index in [1.165, 1.54) is 6.07 Å². The number of amides is 2. The van der Waals surface area contributed by atoms with E-state index in [0.29, 0.717) is 23.2 Å². The van der Waals surface area contributed by atoms with Gasteiger partial charge in [0.15, 0.2) is 0 Å². The van der Waals surface area contributed by atoms with E-state index in [0.717, 1.165) is 12.8 Å². The Balaban J connectivity index is 2.86. The molecule has 0 aliphatic rings. The first kappa shape index (κ1) is 16.5. The van der Waals surface area contributed by atoms with Crippen LogP contribution in [0.1, 0.15) is 37.0 Å². The van der Waals surface area contributed by atoms with Crippen molar-refractivity contribution in [3.05, 3.63) is 28.2 Å². The highest BCUT2D eigenvalue weighted by atomic mass is 79.9. The van der Waals surface area contributed by atoms with Crippen molar-refractivity contribution in [1.29, 1.82) is 0 Å². The Labute approximate surface area is 127 Å². The van der Waals surface area contributed by atoms with E-state index in [9.17, 15) is 9.59 Å². The molecule has 1 rings (SSSR count). The van der Waals surface area contributed by atoms with Gasteiger partial charge >= 0.3 is 12.0 Å². The number of nitrogens with one attached hydrogen (secondary N) is 1. The highest BCUT2D eigenvalue weighted by Gasteiger charge is 2.16. The molecule has 5 nitrogen and oxygen atoms in total. The van der Waals surface area contributed by atoms with E-state index in [-0.39, 0.29) is 11.6 Å². The number of hydrogen-bond acceptors (Lipinski definition) is 2. The van der Waals surface area contributed by atoms with Crippen molar-refractivity contribution in [2.24, 2.45) is 0 Å². The van der Waals surface area contributed by atoms with Gasteiger partial charge in [-0.05, 0) is 31.5 Å². The van der Waals surface area contributed by atoms with Crippen molar-refractivity contribution in [2.75, 3.05) is 18.4 Å². The number of benzene rings is 1. The van der Waals surface area contributed by atoms with Crippen molar-refractivity contribution in [1.82, 2.24) is 4.90 Å². The van der Waals surface area contributed by atoms with Gasteiger partial charge in [-0.2, -0.15) is 0 Å². The Hall–Kier alpha value is -1.56. The summed E-state index contributed by atoms with van der Waals surface area (Å²) in [7, 11) is 0. The monoisotopic (exact) mass is 342 g/mol. The summed E-state index contributed by atoms with van der Waals surface area (Å²) in [5.41, 5.74) is 0.375. The molecule has 6 heteroatoms. The van der Waals surface area contributed by atoms with Crippen LogP contribution in [-0.2, 0) is 0 Å². The number of halogens is 1. The maximum atomic E-state index is 12.1. The maximum absolute atomic E-state index is 12.1. The van der Waals surface area contributed by atoms with Crippen LogP contribution in [0.3, 0.4) is 0 Å². The lowest BCUT2D eigenvalue weighted by molar-refractivity contribution is 0.0698. The van der Waals surface area contributed by atoms with E-state index in [1.54, 1.807) is 17.0 Å². The molecule has 0 aromatic heterocycles. The number of nitrogens with zero attached hydrogens (tertiary/aromatic N) is 1. The van der Waals surface area contributed by atoms with Crippen LogP contribution in [0.25, 0.3) is 0 Å². The minimum absolute atomic E-state index is 0.0688.